The van der Waals surface area contributed by atoms with Crippen molar-refractivity contribution in [3.8, 4) is 0 Å². The van der Waals surface area contributed by atoms with E-state index in [9.17, 15) is 9.59 Å². The molecule has 2 heterocycles. The zero-order valence-electron chi connectivity index (χ0n) is 17.4. The summed E-state index contributed by atoms with van der Waals surface area (Å²) in [5.74, 6) is -0.701. The zero-order valence-corrected chi connectivity index (χ0v) is 17.4. The summed E-state index contributed by atoms with van der Waals surface area (Å²) in [7, 11) is 3.29. The number of aromatic nitrogens is 1. The maximum Gasteiger partial charge on any atom is 0.339 e. The molecule has 0 saturated heterocycles. The van der Waals surface area contributed by atoms with Crippen molar-refractivity contribution in [2.24, 2.45) is 0 Å². The highest BCUT2D eigenvalue weighted by Crippen LogP contribution is 2.26. The molecule has 0 spiro atoms. The summed E-state index contributed by atoms with van der Waals surface area (Å²) in [6, 6.07) is 18.0. The number of carbonyl (C=O) groups excluding carboxylic acids is 2. The average molecular weight is 404 g/mol. The molecule has 0 fully saturated rings. The first-order chi connectivity index (χ1) is 14.5. The monoisotopic (exact) mass is 404 g/mol. The lowest BCUT2D eigenvalue weighted by atomic mass is 9.95. The lowest BCUT2D eigenvalue weighted by Crippen LogP contribution is -3.10. The van der Waals surface area contributed by atoms with Crippen molar-refractivity contribution in [1.29, 1.82) is 0 Å². The molecule has 0 saturated carbocycles. The summed E-state index contributed by atoms with van der Waals surface area (Å²) >= 11 is 0. The van der Waals surface area contributed by atoms with Crippen molar-refractivity contribution < 1.29 is 19.2 Å². The minimum absolute atomic E-state index is 0.244. The molecule has 1 aliphatic heterocycles. The van der Waals surface area contributed by atoms with E-state index in [1.807, 2.05) is 42.5 Å². The Balaban J connectivity index is 1.67. The number of pyridine rings is 1. The standard InChI is InChI=1S/C24H25N3O3/c1-26(2)22(28)16-30-24(29)23-18-10-6-7-11-20(18)25-21-12-13-27(15-19(21)23)14-17-8-4-3-5-9-17/h3-11H,12-16H2,1-2H3/p+1. The number of likely N-dealkylation sites (N-methyl/N-ethyl adjacent to an activating group) is 1. The number of para-hydroxylation sites is 1. The molecule has 1 N–H and O–H groups in total. The Hall–Kier alpha value is -3.25. The molecule has 30 heavy (non-hydrogen) atoms. The van der Waals surface area contributed by atoms with Crippen molar-refractivity contribution in [2.75, 3.05) is 27.2 Å². The maximum atomic E-state index is 13.1. The fraction of sp³-hybridized carbons (Fsp3) is 0.292. The molecule has 1 aliphatic rings. The van der Waals surface area contributed by atoms with Gasteiger partial charge in [0, 0.05) is 37.0 Å². The van der Waals surface area contributed by atoms with Crippen LogP contribution in [0, 0.1) is 0 Å². The summed E-state index contributed by atoms with van der Waals surface area (Å²) in [4.78, 5) is 32.6. The van der Waals surface area contributed by atoms with Crippen LogP contribution in [-0.2, 0) is 29.0 Å². The van der Waals surface area contributed by atoms with Crippen LogP contribution >= 0.6 is 0 Å². The second-order valence-electron chi connectivity index (χ2n) is 7.88. The molecule has 1 atom stereocenters. The van der Waals surface area contributed by atoms with E-state index in [0.717, 1.165) is 41.7 Å². The lowest BCUT2D eigenvalue weighted by Gasteiger charge is -2.27. The molecular weight excluding hydrogens is 378 g/mol. The van der Waals surface area contributed by atoms with Crippen LogP contribution in [-0.4, -0.2) is 49.0 Å². The van der Waals surface area contributed by atoms with E-state index in [4.69, 9.17) is 9.72 Å². The predicted molar refractivity (Wildman–Crippen MR) is 114 cm³/mol. The van der Waals surface area contributed by atoms with Crippen molar-refractivity contribution in [3.05, 3.63) is 77.0 Å². The van der Waals surface area contributed by atoms with Gasteiger partial charge in [0.1, 0.15) is 13.1 Å². The number of hydrogen-bond donors (Lipinski definition) is 1. The van der Waals surface area contributed by atoms with Gasteiger partial charge in [0.2, 0.25) is 0 Å². The fourth-order valence-corrected chi connectivity index (χ4v) is 3.93. The van der Waals surface area contributed by atoms with Crippen molar-refractivity contribution in [3.63, 3.8) is 0 Å². The molecular formula is C24H26N3O3+. The molecule has 0 radical (unpaired) electrons. The number of carbonyl (C=O) groups is 2. The fourth-order valence-electron chi connectivity index (χ4n) is 3.93. The Morgan fingerprint density at radius 1 is 1.07 bits per heavy atom. The Morgan fingerprint density at radius 2 is 1.80 bits per heavy atom. The second-order valence-corrected chi connectivity index (χ2v) is 7.88. The Labute approximate surface area is 176 Å². The third-order valence-electron chi connectivity index (χ3n) is 5.55. The topological polar surface area (TPSA) is 63.9 Å². The lowest BCUT2D eigenvalue weighted by molar-refractivity contribution is -0.929. The molecule has 6 nitrogen and oxygen atoms in total. The summed E-state index contributed by atoms with van der Waals surface area (Å²) in [6.07, 6.45) is 0.805. The van der Waals surface area contributed by atoms with Crippen LogP contribution in [0.5, 0.6) is 0 Å². The molecule has 154 valence electrons. The molecule has 0 bridgehead atoms. The summed E-state index contributed by atoms with van der Waals surface area (Å²) < 4.78 is 5.41. The van der Waals surface area contributed by atoms with Crippen LogP contribution in [0.25, 0.3) is 10.9 Å². The summed E-state index contributed by atoms with van der Waals surface area (Å²) in [5.41, 5.74) is 4.50. The highest BCUT2D eigenvalue weighted by molar-refractivity contribution is 6.05. The predicted octanol–water partition coefficient (Wildman–Crippen LogP) is 1.62. The minimum atomic E-state index is -0.457. The van der Waals surface area contributed by atoms with E-state index in [2.05, 4.69) is 12.1 Å². The van der Waals surface area contributed by atoms with Gasteiger partial charge in [-0.15, -0.1) is 0 Å². The van der Waals surface area contributed by atoms with Crippen LogP contribution in [0.4, 0.5) is 0 Å². The van der Waals surface area contributed by atoms with Gasteiger partial charge in [0.05, 0.1) is 23.3 Å². The van der Waals surface area contributed by atoms with E-state index in [1.165, 1.54) is 15.4 Å². The highest BCUT2D eigenvalue weighted by atomic mass is 16.5. The van der Waals surface area contributed by atoms with Crippen molar-refractivity contribution >= 4 is 22.8 Å². The van der Waals surface area contributed by atoms with Crippen LogP contribution in [0.3, 0.4) is 0 Å². The quantitative estimate of drug-likeness (QED) is 0.657. The van der Waals surface area contributed by atoms with Gasteiger partial charge in [0.25, 0.3) is 5.91 Å². The number of rotatable bonds is 5. The van der Waals surface area contributed by atoms with Gasteiger partial charge in [-0.25, -0.2) is 4.79 Å². The van der Waals surface area contributed by atoms with Gasteiger partial charge in [-0.2, -0.15) is 0 Å². The largest absolute Gasteiger partial charge is 0.452 e. The van der Waals surface area contributed by atoms with E-state index in [0.29, 0.717) is 12.1 Å². The van der Waals surface area contributed by atoms with E-state index >= 15 is 0 Å². The molecule has 1 amide bonds. The van der Waals surface area contributed by atoms with Crippen LogP contribution in [0.2, 0.25) is 0 Å². The van der Waals surface area contributed by atoms with Crippen molar-refractivity contribution in [1.82, 2.24) is 9.88 Å². The van der Waals surface area contributed by atoms with Gasteiger partial charge in [-0.3, -0.25) is 9.78 Å². The van der Waals surface area contributed by atoms with E-state index in [1.54, 1.807) is 14.1 Å². The van der Waals surface area contributed by atoms with Gasteiger partial charge >= 0.3 is 5.97 Å². The zero-order chi connectivity index (χ0) is 21.1. The second kappa shape index (κ2) is 8.63. The van der Waals surface area contributed by atoms with Crippen LogP contribution in [0.15, 0.2) is 54.6 Å². The number of esters is 1. The number of nitrogens with zero attached hydrogens (tertiary/aromatic N) is 2. The van der Waals surface area contributed by atoms with Crippen molar-refractivity contribution in [2.45, 2.75) is 19.5 Å². The molecule has 2 aromatic carbocycles. The highest BCUT2D eigenvalue weighted by Gasteiger charge is 2.29. The van der Waals surface area contributed by atoms with Gasteiger partial charge in [0.15, 0.2) is 6.61 Å². The first-order valence-corrected chi connectivity index (χ1v) is 10.2. The molecule has 6 heteroatoms. The Morgan fingerprint density at radius 3 is 2.57 bits per heavy atom. The third-order valence-corrected chi connectivity index (χ3v) is 5.55. The smallest absolute Gasteiger partial charge is 0.339 e. The summed E-state index contributed by atoms with van der Waals surface area (Å²) in [6.45, 7) is 2.29. The van der Waals surface area contributed by atoms with Crippen LogP contribution < -0.4 is 4.90 Å². The number of fused-ring (bicyclic) bond motifs is 2. The number of hydrogen-bond acceptors (Lipinski definition) is 4. The first kappa shape index (κ1) is 20.0. The van der Waals surface area contributed by atoms with Gasteiger partial charge in [-0.1, -0.05) is 48.5 Å². The third kappa shape index (κ3) is 4.19. The normalized spacial score (nSPS) is 15.5. The molecule has 1 aromatic heterocycles. The number of ether oxygens (including phenoxy) is 1. The van der Waals surface area contributed by atoms with E-state index in [-0.39, 0.29) is 12.5 Å². The number of amides is 1. The van der Waals surface area contributed by atoms with Gasteiger partial charge in [-0.05, 0) is 6.07 Å². The number of benzene rings is 2. The first-order valence-electron chi connectivity index (χ1n) is 10.2. The Kier molecular flexibility index (Phi) is 5.77. The molecule has 0 aliphatic carbocycles. The average Bonchev–Trinajstić information content (AvgIpc) is 2.76. The maximum absolute atomic E-state index is 13.1. The van der Waals surface area contributed by atoms with E-state index < -0.39 is 5.97 Å². The summed E-state index contributed by atoms with van der Waals surface area (Å²) in [5, 5.41) is 0.777. The SMILES string of the molecule is CN(C)C(=O)COC(=O)c1c2c(nc3ccccc13)CC[NH+](Cc1ccccc1)C2. The number of quaternary nitrogens is 1. The van der Waals surface area contributed by atoms with Crippen LogP contribution in [0.1, 0.15) is 27.2 Å². The molecule has 3 aromatic rings. The molecule has 1 unspecified atom stereocenters. The van der Waals surface area contributed by atoms with Gasteiger partial charge < -0.3 is 14.5 Å². The minimum Gasteiger partial charge on any atom is -0.452 e. The Bertz CT molecular complexity index is 1080. The number of nitrogens with one attached hydrogen (secondary N) is 1. The molecule has 4 rings (SSSR count).